The average Bonchev–Trinajstić information content (AvgIpc) is 2.51. The van der Waals surface area contributed by atoms with E-state index in [1.807, 2.05) is 0 Å². The number of fused-ring (bicyclic) bond motifs is 1. The van der Waals surface area contributed by atoms with Gasteiger partial charge in [0.2, 0.25) is 0 Å². The zero-order valence-electron chi connectivity index (χ0n) is 11.4. The molecule has 0 spiro atoms. The third kappa shape index (κ3) is 2.51. The van der Waals surface area contributed by atoms with Gasteiger partial charge in [-0.25, -0.2) is 4.79 Å². The first kappa shape index (κ1) is 14.4. The lowest BCUT2D eigenvalue weighted by atomic mass is 10.0. The van der Waals surface area contributed by atoms with Crippen LogP contribution in [0.15, 0.2) is 48.5 Å². The van der Waals surface area contributed by atoms with Crippen LogP contribution >= 0.6 is 11.6 Å². The molecule has 1 amide bonds. The van der Waals surface area contributed by atoms with Gasteiger partial charge in [-0.05, 0) is 23.8 Å². The summed E-state index contributed by atoms with van der Waals surface area (Å²) < 4.78 is 5.34. The van der Waals surface area contributed by atoms with E-state index >= 15 is 0 Å². The predicted octanol–water partition coefficient (Wildman–Crippen LogP) is 2.89. The maximum atomic E-state index is 12.3. The number of amides is 1. The Morgan fingerprint density at radius 2 is 1.95 bits per heavy atom. The van der Waals surface area contributed by atoms with Gasteiger partial charge in [0.05, 0.1) is 5.69 Å². The molecule has 1 N–H and O–H groups in total. The number of carboxylic acid groups (broad SMARTS) is 1. The van der Waals surface area contributed by atoms with Crippen molar-refractivity contribution in [2.75, 3.05) is 11.5 Å². The fourth-order valence-electron chi connectivity index (χ4n) is 2.46. The highest BCUT2D eigenvalue weighted by atomic mass is 35.5. The number of carbonyl (C=O) groups excluding carboxylic acids is 1. The van der Waals surface area contributed by atoms with Crippen molar-refractivity contribution in [1.82, 2.24) is 0 Å². The molecule has 2 aromatic carbocycles. The summed E-state index contributed by atoms with van der Waals surface area (Å²) in [5.41, 5.74) is 0.871. The summed E-state index contributed by atoms with van der Waals surface area (Å²) in [6.07, 6.45) is 0. The number of halogens is 1. The standard InChI is InChI=1S/C16H12ClNO4/c17-11-6-7-13-12(8-11)18(14(19)9-22-13)15(16(20)21)10-4-2-1-3-5-10/h1-8,15H,9H2,(H,20,21). The second-order valence-electron chi connectivity index (χ2n) is 4.82. The Kier molecular flexibility index (Phi) is 3.73. The minimum Gasteiger partial charge on any atom is -0.482 e. The number of benzene rings is 2. The van der Waals surface area contributed by atoms with Crippen molar-refractivity contribution in [2.45, 2.75) is 6.04 Å². The zero-order chi connectivity index (χ0) is 15.7. The summed E-state index contributed by atoms with van der Waals surface area (Å²) in [4.78, 5) is 25.3. The van der Waals surface area contributed by atoms with Gasteiger partial charge in [-0.2, -0.15) is 0 Å². The van der Waals surface area contributed by atoms with Crippen LogP contribution in [0.25, 0.3) is 0 Å². The highest BCUT2D eigenvalue weighted by Crippen LogP contribution is 2.39. The Morgan fingerprint density at radius 3 is 2.64 bits per heavy atom. The quantitative estimate of drug-likeness (QED) is 0.945. The molecule has 0 radical (unpaired) electrons. The lowest BCUT2D eigenvalue weighted by Crippen LogP contribution is -2.44. The molecule has 3 rings (SSSR count). The van der Waals surface area contributed by atoms with Gasteiger partial charge in [0.25, 0.3) is 5.91 Å². The lowest BCUT2D eigenvalue weighted by molar-refractivity contribution is -0.140. The topological polar surface area (TPSA) is 66.8 Å². The summed E-state index contributed by atoms with van der Waals surface area (Å²) in [6, 6.07) is 12.3. The van der Waals surface area contributed by atoms with Crippen molar-refractivity contribution >= 4 is 29.2 Å². The summed E-state index contributed by atoms with van der Waals surface area (Å²) in [5.74, 6) is -1.11. The molecule has 0 saturated heterocycles. The zero-order valence-corrected chi connectivity index (χ0v) is 12.2. The van der Waals surface area contributed by atoms with E-state index in [2.05, 4.69) is 0 Å². The largest absolute Gasteiger partial charge is 0.482 e. The van der Waals surface area contributed by atoms with Crippen LogP contribution in [0.3, 0.4) is 0 Å². The number of hydrogen-bond donors (Lipinski definition) is 1. The van der Waals surface area contributed by atoms with Crippen molar-refractivity contribution in [1.29, 1.82) is 0 Å². The Bertz CT molecular complexity index is 732. The van der Waals surface area contributed by atoms with Crippen molar-refractivity contribution in [3.05, 3.63) is 59.1 Å². The van der Waals surface area contributed by atoms with E-state index in [4.69, 9.17) is 16.3 Å². The number of ether oxygens (including phenoxy) is 1. The van der Waals surface area contributed by atoms with Crippen LogP contribution in [-0.4, -0.2) is 23.6 Å². The minimum absolute atomic E-state index is 0.203. The van der Waals surface area contributed by atoms with Crippen LogP contribution in [0.4, 0.5) is 5.69 Å². The highest BCUT2D eigenvalue weighted by molar-refractivity contribution is 6.31. The Morgan fingerprint density at radius 1 is 1.23 bits per heavy atom. The molecule has 1 heterocycles. The number of nitrogens with zero attached hydrogens (tertiary/aromatic N) is 1. The van der Waals surface area contributed by atoms with Crippen LogP contribution in [0, 0.1) is 0 Å². The van der Waals surface area contributed by atoms with Crippen LogP contribution < -0.4 is 9.64 Å². The second kappa shape index (κ2) is 5.69. The number of aliphatic carboxylic acids is 1. The molecule has 1 atom stereocenters. The number of rotatable bonds is 3. The van der Waals surface area contributed by atoms with Gasteiger partial charge in [-0.15, -0.1) is 0 Å². The predicted molar refractivity (Wildman–Crippen MR) is 81.3 cm³/mol. The minimum atomic E-state index is -1.13. The second-order valence-corrected chi connectivity index (χ2v) is 5.25. The third-order valence-electron chi connectivity index (χ3n) is 3.41. The number of carbonyl (C=O) groups is 2. The molecule has 2 aromatic rings. The fourth-order valence-corrected chi connectivity index (χ4v) is 2.63. The Hall–Kier alpha value is -2.53. The van der Waals surface area contributed by atoms with E-state index in [0.29, 0.717) is 22.0 Å². The normalized spacial score (nSPS) is 15.0. The molecule has 5 nitrogen and oxygen atoms in total. The van der Waals surface area contributed by atoms with E-state index in [-0.39, 0.29) is 6.61 Å². The summed E-state index contributed by atoms with van der Waals surface area (Å²) in [6.45, 7) is -0.203. The molecular weight excluding hydrogens is 306 g/mol. The van der Waals surface area contributed by atoms with Gasteiger partial charge in [0, 0.05) is 5.02 Å². The molecule has 1 aliphatic heterocycles. The van der Waals surface area contributed by atoms with Gasteiger partial charge < -0.3 is 9.84 Å². The maximum Gasteiger partial charge on any atom is 0.331 e. The van der Waals surface area contributed by atoms with Crippen molar-refractivity contribution in [2.24, 2.45) is 0 Å². The molecule has 0 fully saturated rings. The van der Waals surface area contributed by atoms with Crippen molar-refractivity contribution in [3.63, 3.8) is 0 Å². The lowest BCUT2D eigenvalue weighted by Gasteiger charge is -2.34. The molecule has 1 unspecified atom stereocenters. The average molecular weight is 318 g/mol. The first-order valence-electron chi connectivity index (χ1n) is 6.60. The molecule has 6 heteroatoms. The number of carboxylic acids is 1. The van der Waals surface area contributed by atoms with Crippen molar-refractivity contribution in [3.8, 4) is 5.75 Å². The van der Waals surface area contributed by atoms with Crippen LogP contribution in [0.1, 0.15) is 11.6 Å². The summed E-state index contributed by atoms with van der Waals surface area (Å²) in [5, 5.41) is 10.0. The Labute approximate surface area is 131 Å². The smallest absolute Gasteiger partial charge is 0.331 e. The van der Waals surface area contributed by atoms with E-state index in [1.54, 1.807) is 42.5 Å². The molecule has 112 valence electrons. The SMILES string of the molecule is O=C(O)C(c1ccccc1)N1C(=O)COc2ccc(Cl)cc21. The molecule has 0 saturated carbocycles. The molecule has 22 heavy (non-hydrogen) atoms. The van der Waals surface area contributed by atoms with Crippen LogP contribution in [0.5, 0.6) is 5.75 Å². The van der Waals surface area contributed by atoms with Gasteiger partial charge in [-0.3, -0.25) is 9.69 Å². The summed E-state index contributed by atoms with van der Waals surface area (Å²) >= 11 is 5.98. The Balaban J connectivity index is 2.14. The first-order chi connectivity index (χ1) is 10.6. The van der Waals surface area contributed by atoms with Crippen LogP contribution in [-0.2, 0) is 9.59 Å². The van der Waals surface area contributed by atoms with Gasteiger partial charge in [-0.1, -0.05) is 41.9 Å². The number of hydrogen-bond acceptors (Lipinski definition) is 3. The fraction of sp³-hybridized carbons (Fsp3) is 0.125. The van der Waals surface area contributed by atoms with E-state index in [0.717, 1.165) is 0 Å². The molecule has 0 aliphatic carbocycles. The number of anilines is 1. The van der Waals surface area contributed by atoms with Gasteiger partial charge >= 0.3 is 5.97 Å². The van der Waals surface area contributed by atoms with E-state index < -0.39 is 17.9 Å². The van der Waals surface area contributed by atoms with Gasteiger partial charge in [0.15, 0.2) is 12.6 Å². The monoisotopic (exact) mass is 317 g/mol. The summed E-state index contributed by atoms with van der Waals surface area (Å²) in [7, 11) is 0. The first-order valence-corrected chi connectivity index (χ1v) is 6.98. The van der Waals surface area contributed by atoms with E-state index in [1.165, 1.54) is 11.0 Å². The van der Waals surface area contributed by atoms with Crippen LogP contribution in [0.2, 0.25) is 5.02 Å². The third-order valence-corrected chi connectivity index (χ3v) is 3.64. The molecular formula is C16H12ClNO4. The maximum absolute atomic E-state index is 12.3. The van der Waals surface area contributed by atoms with Gasteiger partial charge in [0.1, 0.15) is 5.75 Å². The van der Waals surface area contributed by atoms with Crippen molar-refractivity contribution < 1.29 is 19.4 Å². The molecule has 1 aliphatic rings. The van der Waals surface area contributed by atoms with E-state index in [9.17, 15) is 14.7 Å². The molecule has 0 aromatic heterocycles. The highest BCUT2D eigenvalue weighted by Gasteiger charge is 2.37. The molecule has 0 bridgehead atoms.